The number of carbonyl (C=O) groups is 1. The van der Waals surface area contributed by atoms with E-state index >= 15 is 0 Å². The first-order chi connectivity index (χ1) is 11.3. The number of likely N-dealkylation sites (tertiary alicyclic amines) is 1. The summed E-state index contributed by atoms with van der Waals surface area (Å²) in [5, 5.41) is 0. The average molecular weight is 331 g/mol. The highest BCUT2D eigenvalue weighted by atomic mass is 32.1. The number of hydrazine groups is 1. The molecule has 2 aliphatic rings. The third-order valence-electron chi connectivity index (χ3n) is 4.90. The summed E-state index contributed by atoms with van der Waals surface area (Å²) in [5.41, 5.74) is 6.76. The number of imidazole rings is 1. The van der Waals surface area contributed by atoms with Crippen LogP contribution in [0.5, 0.6) is 0 Å². The Labute approximate surface area is 139 Å². The molecule has 2 aromatic rings. The van der Waals surface area contributed by atoms with Crippen LogP contribution in [0.15, 0.2) is 24.5 Å². The number of amides is 1. The summed E-state index contributed by atoms with van der Waals surface area (Å²) in [6.07, 6.45) is 5.62. The Morgan fingerprint density at radius 1 is 1.43 bits per heavy atom. The van der Waals surface area contributed by atoms with Crippen LogP contribution in [0.2, 0.25) is 0 Å². The minimum atomic E-state index is 0.146. The lowest BCUT2D eigenvalue weighted by atomic mass is 9.87. The molecular weight excluding hydrogens is 310 g/mol. The Hall–Kier alpha value is -1.70. The monoisotopic (exact) mass is 331 g/mol. The van der Waals surface area contributed by atoms with Gasteiger partial charge in [0.05, 0.1) is 9.75 Å². The molecule has 7 heteroatoms. The number of fused-ring (bicyclic) bond motifs is 1. The molecule has 0 aromatic carbocycles. The molecule has 2 aromatic heterocycles. The van der Waals surface area contributed by atoms with Gasteiger partial charge in [-0.3, -0.25) is 15.6 Å². The summed E-state index contributed by atoms with van der Waals surface area (Å²) in [6, 6.07) is 4.83. The van der Waals surface area contributed by atoms with Gasteiger partial charge in [0.2, 0.25) is 0 Å². The predicted molar refractivity (Wildman–Crippen MR) is 90.0 cm³/mol. The Kier molecular flexibility index (Phi) is 3.92. The Bertz CT molecular complexity index is 676. The second-order valence-corrected chi connectivity index (χ2v) is 7.30. The molecule has 0 aliphatic carbocycles. The summed E-state index contributed by atoms with van der Waals surface area (Å²) in [4.78, 5) is 24.0. The van der Waals surface area contributed by atoms with Crippen molar-refractivity contribution in [2.24, 2.45) is 5.92 Å². The number of carbonyl (C=O) groups excluding carboxylic acids is 1. The summed E-state index contributed by atoms with van der Waals surface area (Å²) in [7, 11) is 0. The zero-order valence-electron chi connectivity index (χ0n) is 13.1. The van der Waals surface area contributed by atoms with Crippen molar-refractivity contribution >= 4 is 17.2 Å². The number of piperidine rings is 1. The highest BCUT2D eigenvalue weighted by Crippen LogP contribution is 2.30. The summed E-state index contributed by atoms with van der Waals surface area (Å²) in [5.74, 6) is 1.47. The molecule has 2 fully saturated rings. The number of hydrogen-bond acceptors (Lipinski definition) is 5. The Morgan fingerprint density at radius 2 is 2.35 bits per heavy atom. The minimum absolute atomic E-state index is 0.146. The van der Waals surface area contributed by atoms with Gasteiger partial charge in [-0.05, 0) is 25.0 Å². The van der Waals surface area contributed by atoms with Crippen molar-refractivity contribution in [1.82, 2.24) is 25.7 Å². The van der Waals surface area contributed by atoms with E-state index in [4.69, 9.17) is 0 Å². The topological polar surface area (TPSA) is 73.0 Å². The van der Waals surface area contributed by atoms with Crippen LogP contribution < -0.4 is 10.9 Å². The highest BCUT2D eigenvalue weighted by molar-refractivity contribution is 7.17. The molecule has 0 spiro atoms. The van der Waals surface area contributed by atoms with Gasteiger partial charge in [0.25, 0.3) is 5.91 Å². The van der Waals surface area contributed by atoms with Crippen LogP contribution >= 0.6 is 11.3 Å². The van der Waals surface area contributed by atoms with Crippen LogP contribution in [-0.4, -0.2) is 45.9 Å². The van der Waals surface area contributed by atoms with Crippen molar-refractivity contribution in [2.45, 2.75) is 31.8 Å². The number of rotatable bonds is 3. The van der Waals surface area contributed by atoms with Crippen molar-refractivity contribution in [3.63, 3.8) is 0 Å². The third kappa shape index (κ3) is 2.69. The molecule has 1 amide bonds. The largest absolute Gasteiger partial charge is 0.344 e. The summed E-state index contributed by atoms with van der Waals surface area (Å²) >= 11 is 1.51. The lowest BCUT2D eigenvalue weighted by molar-refractivity contribution is 0.0657. The number of aromatic nitrogens is 2. The number of nitrogens with zero attached hydrogens (tertiary/aromatic N) is 2. The molecule has 3 atom stereocenters. The average Bonchev–Trinajstić information content (AvgIpc) is 3.31. The van der Waals surface area contributed by atoms with Gasteiger partial charge in [-0.15, -0.1) is 11.3 Å². The first kappa shape index (κ1) is 14.9. The van der Waals surface area contributed by atoms with Gasteiger partial charge in [0.1, 0.15) is 5.82 Å². The minimum Gasteiger partial charge on any atom is -0.344 e. The number of hydrogen-bond donors (Lipinski definition) is 3. The molecule has 122 valence electrons. The van der Waals surface area contributed by atoms with Crippen LogP contribution in [0.3, 0.4) is 0 Å². The second kappa shape index (κ2) is 6.07. The van der Waals surface area contributed by atoms with E-state index in [-0.39, 0.29) is 5.91 Å². The first-order valence-corrected chi connectivity index (χ1v) is 8.98. The molecule has 2 saturated heterocycles. The molecule has 0 radical (unpaired) electrons. The van der Waals surface area contributed by atoms with Gasteiger partial charge in [0, 0.05) is 43.5 Å². The zero-order valence-corrected chi connectivity index (χ0v) is 13.9. The van der Waals surface area contributed by atoms with Crippen LogP contribution in [-0.2, 0) is 0 Å². The molecule has 0 bridgehead atoms. The maximum Gasteiger partial charge on any atom is 0.263 e. The molecular formula is C16H21N5OS. The van der Waals surface area contributed by atoms with Gasteiger partial charge in [-0.2, -0.15) is 0 Å². The summed E-state index contributed by atoms with van der Waals surface area (Å²) in [6.45, 7) is 3.84. The lowest BCUT2D eigenvalue weighted by Crippen LogP contribution is -2.48. The lowest BCUT2D eigenvalue weighted by Gasteiger charge is -2.35. The highest BCUT2D eigenvalue weighted by Gasteiger charge is 2.40. The molecule has 4 heterocycles. The van der Waals surface area contributed by atoms with E-state index in [0.717, 1.165) is 41.5 Å². The maximum absolute atomic E-state index is 12.8. The molecule has 0 saturated carbocycles. The molecule has 3 N–H and O–H groups in total. The fraction of sp³-hybridized carbons (Fsp3) is 0.500. The molecule has 2 aliphatic heterocycles. The van der Waals surface area contributed by atoms with E-state index in [9.17, 15) is 4.79 Å². The van der Waals surface area contributed by atoms with Gasteiger partial charge in [0.15, 0.2) is 0 Å². The number of aromatic amines is 1. The Balaban J connectivity index is 1.49. The molecule has 6 nitrogen and oxygen atoms in total. The normalized spacial score (nSPS) is 27.2. The van der Waals surface area contributed by atoms with Crippen LogP contribution in [0.1, 0.15) is 29.4 Å². The van der Waals surface area contributed by atoms with E-state index in [2.05, 4.69) is 27.7 Å². The Morgan fingerprint density at radius 3 is 3.13 bits per heavy atom. The van der Waals surface area contributed by atoms with Crippen molar-refractivity contribution < 1.29 is 4.79 Å². The van der Waals surface area contributed by atoms with Crippen molar-refractivity contribution in [2.75, 3.05) is 13.1 Å². The van der Waals surface area contributed by atoms with E-state index in [0.29, 0.717) is 18.0 Å². The molecule has 4 rings (SSSR count). The van der Waals surface area contributed by atoms with Gasteiger partial charge in [-0.25, -0.2) is 4.98 Å². The number of H-pyrrole nitrogens is 1. The predicted octanol–water partition coefficient (Wildman–Crippen LogP) is 1.86. The molecule has 23 heavy (non-hydrogen) atoms. The van der Waals surface area contributed by atoms with Gasteiger partial charge in [-0.1, -0.05) is 6.92 Å². The fourth-order valence-electron chi connectivity index (χ4n) is 3.62. The maximum atomic E-state index is 12.8. The van der Waals surface area contributed by atoms with Crippen molar-refractivity contribution in [1.29, 1.82) is 0 Å². The smallest absolute Gasteiger partial charge is 0.263 e. The van der Waals surface area contributed by atoms with E-state index in [1.54, 1.807) is 12.4 Å². The summed E-state index contributed by atoms with van der Waals surface area (Å²) < 4.78 is 0. The third-order valence-corrected chi connectivity index (χ3v) is 5.98. The van der Waals surface area contributed by atoms with Crippen LogP contribution in [0.4, 0.5) is 0 Å². The van der Waals surface area contributed by atoms with Crippen molar-refractivity contribution in [3.8, 4) is 10.7 Å². The van der Waals surface area contributed by atoms with E-state index in [1.807, 2.05) is 17.0 Å². The molecule has 3 unspecified atom stereocenters. The van der Waals surface area contributed by atoms with Crippen LogP contribution in [0.25, 0.3) is 10.7 Å². The van der Waals surface area contributed by atoms with E-state index < -0.39 is 0 Å². The van der Waals surface area contributed by atoms with Crippen molar-refractivity contribution in [3.05, 3.63) is 29.4 Å². The van der Waals surface area contributed by atoms with E-state index in [1.165, 1.54) is 11.3 Å². The van der Waals surface area contributed by atoms with Crippen LogP contribution in [0, 0.1) is 5.92 Å². The SMILES string of the molecule is CCC1NNC2CCN(C(=O)c3ccc(-c4ncc[nH]4)s3)CC12. The number of thiophene rings is 1. The first-order valence-electron chi connectivity index (χ1n) is 8.16. The second-order valence-electron chi connectivity index (χ2n) is 6.22. The zero-order chi connectivity index (χ0) is 15.8. The quantitative estimate of drug-likeness (QED) is 0.803. The fourth-order valence-corrected chi connectivity index (χ4v) is 4.55. The van der Waals surface area contributed by atoms with Gasteiger partial charge >= 0.3 is 0 Å². The van der Waals surface area contributed by atoms with Gasteiger partial charge < -0.3 is 9.88 Å². The number of nitrogens with one attached hydrogen (secondary N) is 3. The standard InChI is InChI=1S/C16H21N5OS/c1-2-11-10-9-21(8-5-12(10)20-19-11)16(22)14-4-3-13(23-14)15-17-6-7-18-15/h3-4,6-7,10-12,19-20H,2,5,8-9H2,1H3,(H,17,18).